The number of carbonyl (C=O) groups is 1. The second-order valence-corrected chi connectivity index (χ2v) is 8.90. The van der Waals surface area contributed by atoms with Crippen molar-refractivity contribution in [2.24, 2.45) is 4.99 Å². The van der Waals surface area contributed by atoms with Crippen molar-refractivity contribution in [1.82, 2.24) is 10.4 Å². The molecule has 1 fully saturated rings. The molecule has 0 aromatic heterocycles. The van der Waals surface area contributed by atoms with E-state index >= 15 is 0 Å². The van der Waals surface area contributed by atoms with E-state index in [4.69, 9.17) is 16.6 Å². The predicted octanol–water partition coefficient (Wildman–Crippen LogP) is 5.71. The van der Waals surface area contributed by atoms with Gasteiger partial charge >= 0.3 is 0 Å². The van der Waals surface area contributed by atoms with Crippen molar-refractivity contribution in [2.75, 3.05) is 13.1 Å². The summed E-state index contributed by atoms with van der Waals surface area (Å²) in [5.74, 6) is -0.0882. The highest BCUT2D eigenvalue weighted by atomic mass is 35.5. The summed E-state index contributed by atoms with van der Waals surface area (Å²) in [4.78, 5) is 19.9. The molecule has 30 heavy (non-hydrogen) atoms. The molecule has 0 bridgehead atoms. The lowest BCUT2D eigenvalue weighted by Gasteiger charge is -2.16. The molecule has 1 saturated heterocycles. The molecule has 150 valence electrons. The van der Waals surface area contributed by atoms with E-state index < -0.39 is 0 Å². The molecule has 1 N–H and O–H groups in total. The van der Waals surface area contributed by atoms with Gasteiger partial charge in [0.15, 0.2) is 0 Å². The molecule has 1 amide bonds. The van der Waals surface area contributed by atoms with E-state index in [0.717, 1.165) is 58.2 Å². The van der Waals surface area contributed by atoms with Crippen LogP contribution in [0.2, 0.25) is 5.02 Å². The first-order chi connectivity index (χ1) is 14.7. The first kappa shape index (κ1) is 19.4. The van der Waals surface area contributed by atoms with Crippen molar-refractivity contribution in [2.45, 2.75) is 22.6 Å². The molecule has 2 heterocycles. The first-order valence-corrected chi connectivity index (χ1v) is 11.2. The number of aliphatic imine (C=N–C) groups is 1. The van der Waals surface area contributed by atoms with Crippen LogP contribution in [0.1, 0.15) is 34.3 Å². The molecule has 5 rings (SSSR count). The van der Waals surface area contributed by atoms with E-state index in [0.29, 0.717) is 10.6 Å². The SMILES string of the molecule is O=C(NN1CCCC1)c1ccc2c(c1)N=C(c1ccc(Cl)cc1)c1ccccc1S2. The average Bonchev–Trinajstić information content (AvgIpc) is 3.21. The Labute approximate surface area is 184 Å². The summed E-state index contributed by atoms with van der Waals surface area (Å²) in [5, 5.41) is 2.68. The molecule has 0 atom stereocenters. The molecule has 0 saturated carbocycles. The maximum absolute atomic E-state index is 12.8. The largest absolute Gasteiger partial charge is 0.285 e. The molecule has 0 spiro atoms. The number of nitrogens with one attached hydrogen (secondary N) is 1. The Morgan fingerprint density at radius 1 is 0.967 bits per heavy atom. The normalized spacial score (nSPS) is 15.7. The summed E-state index contributed by atoms with van der Waals surface area (Å²) in [5.41, 5.74) is 7.37. The minimum atomic E-state index is -0.0882. The third-order valence-electron chi connectivity index (χ3n) is 5.30. The number of fused-ring (bicyclic) bond motifs is 2. The van der Waals surface area contributed by atoms with Crippen LogP contribution >= 0.6 is 23.4 Å². The Balaban J connectivity index is 1.57. The minimum Gasteiger partial charge on any atom is -0.285 e. The monoisotopic (exact) mass is 433 g/mol. The van der Waals surface area contributed by atoms with E-state index in [1.807, 2.05) is 59.6 Å². The summed E-state index contributed by atoms with van der Waals surface area (Å²) < 4.78 is 0. The van der Waals surface area contributed by atoms with E-state index in [2.05, 4.69) is 17.6 Å². The highest BCUT2D eigenvalue weighted by Gasteiger charge is 2.21. The van der Waals surface area contributed by atoms with Crippen molar-refractivity contribution < 1.29 is 4.79 Å². The van der Waals surface area contributed by atoms with Crippen molar-refractivity contribution in [3.63, 3.8) is 0 Å². The Hall–Kier alpha value is -2.60. The van der Waals surface area contributed by atoms with Crippen LogP contribution in [0.25, 0.3) is 0 Å². The fourth-order valence-corrected chi connectivity index (χ4v) is 4.88. The fraction of sp³-hybridized carbons (Fsp3) is 0.167. The number of rotatable bonds is 3. The molecule has 4 nitrogen and oxygen atoms in total. The number of hydrogen-bond acceptors (Lipinski definition) is 4. The van der Waals surface area contributed by atoms with Gasteiger partial charge in [-0.3, -0.25) is 10.2 Å². The number of halogens is 1. The summed E-state index contributed by atoms with van der Waals surface area (Å²) >= 11 is 7.77. The number of carbonyl (C=O) groups excluding carboxylic acids is 1. The standard InChI is InChI=1S/C24H20ClN3OS/c25-18-10-7-16(8-11-18)23-19-5-1-2-6-21(19)30-22-12-9-17(15-20(22)26-23)24(29)27-28-13-3-4-14-28/h1-2,5-12,15H,3-4,13-14H2,(H,27,29). The lowest BCUT2D eigenvalue weighted by atomic mass is 10.0. The first-order valence-electron chi connectivity index (χ1n) is 9.99. The van der Waals surface area contributed by atoms with Gasteiger partial charge in [-0.1, -0.05) is 53.7 Å². The van der Waals surface area contributed by atoms with Gasteiger partial charge < -0.3 is 0 Å². The Kier molecular flexibility index (Phi) is 5.34. The van der Waals surface area contributed by atoms with Crippen LogP contribution in [0.15, 0.2) is 81.5 Å². The zero-order valence-electron chi connectivity index (χ0n) is 16.3. The second-order valence-electron chi connectivity index (χ2n) is 7.38. The van der Waals surface area contributed by atoms with E-state index in [1.54, 1.807) is 11.8 Å². The van der Waals surface area contributed by atoms with Crippen molar-refractivity contribution in [1.29, 1.82) is 0 Å². The maximum Gasteiger partial charge on any atom is 0.265 e. The Morgan fingerprint density at radius 3 is 2.53 bits per heavy atom. The predicted molar refractivity (Wildman–Crippen MR) is 122 cm³/mol. The second kappa shape index (κ2) is 8.26. The summed E-state index contributed by atoms with van der Waals surface area (Å²) in [6.07, 6.45) is 2.24. The number of nitrogens with zero attached hydrogens (tertiary/aromatic N) is 2. The van der Waals surface area contributed by atoms with Crippen LogP contribution in [0.4, 0.5) is 5.69 Å². The quantitative estimate of drug-likeness (QED) is 0.449. The van der Waals surface area contributed by atoms with Gasteiger partial charge in [0.05, 0.1) is 11.4 Å². The van der Waals surface area contributed by atoms with Crippen molar-refractivity contribution in [3.8, 4) is 0 Å². The number of hydrogen-bond donors (Lipinski definition) is 1. The molecule has 0 unspecified atom stereocenters. The summed E-state index contributed by atoms with van der Waals surface area (Å²) in [6.45, 7) is 1.81. The molecule has 2 aliphatic heterocycles. The van der Waals surface area contributed by atoms with E-state index in [-0.39, 0.29) is 5.91 Å². The lowest BCUT2D eigenvalue weighted by molar-refractivity contribution is 0.0826. The maximum atomic E-state index is 12.8. The van der Waals surface area contributed by atoms with Crippen LogP contribution in [0, 0.1) is 0 Å². The van der Waals surface area contributed by atoms with Gasteiger partial charge in [-0.2, -0.15) is 0 Å². The third-order valence-corrected chi connectivity index (χ3v) is 6.69. The average molecular weight is 434 g/mol. The van der Waals surface area contributed by atoms with Gasteiger partial charge in [0, 0.05) is 44.6 Å². The molecular weight excluding hydrogens is 414 g/mol. The zero-order chi connectivity index (χ0) is 20.5. The lowest BCUT2D eigenvalue weighted by Crippen LogP contribution is -2.39. The van der Waals surface area contributed by atoms with Crippen LogP contribution in [-0.4, -0.2) is 29.7 Å². The van der Waals surface area contributed by atoms with Crippen LogP contribution in [0.5, 0.6) is 0 Å². The molecule has 2 aliphatic rings. The van der Waals surface area contributed by atoms with Gasteiger partial charge in [-0.05, 0) is 49.2 Å². The molecule has 3 aromatic rings. The van der Waals surface area contributed by atoms with Gasteiger partial charge in [0.25, 0.3) is 5.91 Å². The van der Waals surface area contributed by atoms with E-state index in [1.165, 1.54) is 0 Å². The highest BCUT2D eigenvalue weighted by Crippen LogP contribution is 2.41. The molecule has 0 aliphatic carbocycles. The number of hydrazine groups is 1. The summed E-state index contributed by atoms with van der Waals surface area (Å²) in [6, 6.07) is 21.7. The fourth-order valence-electron chi connectivity index (χ4n) is 3.75. The van der Waals surface area contributed by atoms with Crippen molar-refractivity contribution >= 4 is 40.7 Å². The van der Waals surface area contributed by atoms with Crippen LogP contribution < -0.4 is 5.43 Å². The Morgan fingerprint density at radius 2 is 1.73 bits per heavy atom. The van der Waals surface area contributed by atoms with Crippen molar-refractivity contribution in [3.05, 3.63) is 88.4 Å². The number of benzene rings is 3. The van der Waals surface area contributed by atoms with Gasteiger partial charge in [0.1, 0.15) is 0 Å². The summed E-state index contributed by atoms with van der Waals surface area (Å²) in [7, 11) is 0. The molecular formula is C24H20ClN3OS. The van der Waals surface area contributed by atoms with Gasteiger partial charge in [0.2, 0.25) is 0 Å². The van der Waals surface area contributed by atoms with E-state index in [9.17, 15) is 4.79 Å². The topological polar surface area (TPSA) is 44.7 Å². The van der Waals surface area contributed by atoms with Gasteiger partial charge in [-0.15, -0.1) is 0 Å². The molecule has 3 aromatic carbocycles. The van der Waals surface area contributed by atoms with Crippen LogP contribution in [0.3, 0.4) is 0 Å². The smallest absolute Gasteiger partial charge is 0.265 e. The molecule has 6 heteroatoms. The third kappa shape index (κ3) is 3.88. The molecule has 0 radical (unpaired) electrons. The Bertz CT molecular complexity index is 1140. The number of amides is 1. The van der Waals surface area contributed by atoms with Crippen LogP contribution in [-0.2, 0) is 0 Å². The highest BCUT2D eigenvalue weighted by molar-refractivity contribution is 7.99. The zero-order valence-corrected chi connectivity index (χ0v) is 17.8. The van der Waals surface area contributed by atoms with Gasteiger partial charge in [-0.25, -0.2) is 10.0 Å². The minimum absolute atomic E-state index is 0.0882.